The van der Waals surface area contributed by atoms with Crippen molar-refractivity contribution in [3.8, 4) is 0 Å². The smallest absolute Gasteiger partial charge is 0.0183 e. The molecule has 0 fully saturated rings. The fraction of sp³-hybridized carbons (Fsp3) is 0.200. The van der Waals surface area contributed by atoms with Gasteiger partial charge in [0.15, 0.2) is 0 Å². The van der Waals surface area contributed by atoms with Gasteiger partial charge in [-0.2, -0.15) is 0 Å². The summed E-state index contributed by atoms with van der Waals surface area (Å²) in [6.45, 7) is 7.98. The second-order valence-electron chi connectivity index (χ2n) is 2.80. The minimum atomic E-state index is 1.11. The van der Waals surface area contributed by atoms with Crippen molar-refractivity contribution in [2.24, 2.45) is 0 Å². The highest BCUT2D eigenvalue weighted by atomic mass is 79.9. The molecule has 0 N–H and O–H groups in total. The van der Waals surface area contributed by atoms with Crippen molar-refractivity contribution >= 4 is 21.5 Å². The maximum Gasteiger partial charge on any atom is 0.0183 e. The van der Waals surface area contributed by atoms with Crippen LogP contribution in [0.3, 0.4) is 0 Å². The third-order valence-electron chi connectivity index (χ3n) is 1.53. The van der Waals surface area contributed by atoms with E-state index in [-0.39, 0.29) is 0 Å². The Morgan fingerprint density at radius 2 is 2.00 bits per heavy atom. The molecule has 11 heavy (non-hydrogen) atoms. The van der Waals surface area contributed by atoms with Crippen LogP contribution in [0.1, 0.15) is 18.1 Å². The van der Waals surface area contributed by atoms with Crippen LogP contribution in [0.4, 0.5) is 0 Å². The zero-order valence-electron chi connectivity index (χ0n) is 6.82. The summed E-state index contributed by atoms with van der Waals surface area (Å²) in [7, 11) is 0. The molecule has 0 aliphatic heterocycles. The van der Waals surface area contributed by atoms with Gasteiger partial charge in [0.1, 0.15) is 0 Å². The lowest BCUT2D eigenvalue weighted by atomic mass is 10.1. The van der Waals surface area contributed by atoms with Crippen LogP contribution in [0.25, 0.3) is 5.57 Å². The molecule has 0 heterocycles. The molecule has 0 aromatic heterocycles. The first-order valence-corrected chi connectivity index (χ1v) is 4.32. The van der Waals surface area contributed by atoms with Crippen LogP contribution in [0.2, 0.25) is 0 Å². The summed E-state index contributed by atoms with van der Waals surface area (Å²) in [5.41, 5.74) is 3.57. The zero-order chi connectivity index (χ0) is 8.43. The normalized spacial score (nSPS) is 9.73. The fourth-order valence-electron chi connectivity index (χ4n) is 0.983. The van der Waals surface area contributed by atoms with Gasteiger partial charge in [-0.1, -0.05) is 34.1 Å². The monoisotopic (exact) mass is 210 g/mol. The number of rotatable bonds is 1. The van der Waals surface area contributed by atoms with Crippen LogP contribution < -0.4 is 0 Å². The number of halogens is 1. The van der Waals surface area contributed by atoms with Crippen LogP contribution in [0.15, 0.2) is 29.3 Å². The standard InChI is InChI=1S/C10H11Br/c1-7(2)9-4-8(3)5-10(11)6-9/h4-6H,1H2,2-3H3. The van der Waals surface area contributed by atoms with E-state index in [0.29, 0.717) is 0 Å². The zero-order valence-corrected chi connectivity index (χ0v) is 8.40. The van der Waals surface area contributed by atoms with E-state index in [1.807, 2.05) is 6.92 Å². The van der Waals surface area contributed by atoms with Crippen LogP contribution in [-0.4, -0.2) is 0 Å². The van der Waals surface area contributed by atoms with Gasteiger partial charge in [0.2, 0.25) is 0 Å². The van der Waals surface area contributed by atoms with Crippen LogP contribution in [0.5, 0.6) is 0 Å². The first-order valence-electron chi connectivity index (χ1n) is 3.52. The van der Waals surface area contributed by atoms with Crippen molar-refractivity contribution < 1.29 is 0 Å². The predicted octanol–water partition coefficient (Wildman–Crippen LogP) is 3.79. The second kappa shape index (κ2) is 3.22. The van der Waals surface area contributed by atoms with E-state index >= 15 is 0 Å². The van der Waals surface area contributed by atoms with Gasteiger partial charge in [0.25, 0.3) is 0 Å². The van der Waals surface area contributed by atoms with E-state index in [2.05, 4.69) is 47.6 Å². The Labute approximate surface area is 76.1 Å². The molecule has 0 spiro atoms. The third-order valence-corrected chi connectivity index (χ3v) is 1.99. The minimum Gasteiger partial charge on any atom is -0.0955 e. The molecule has 0 aliphatic rings. The summed E-state index contributed by atoms with van der Waals surface area (Å²) >= 11 is 3.44. The Morgan fingerprint density at radius 1 is 1.36 bits per heavy atom. The molecule has 0 unspecified atom stereocenters. The van der Waals surface area contributed by atoms with Crippen LogP contribution in [0, 0.1) is 6.92 Å². The van der Waals surface area contributed by atoms with E-state index in [4.69, 9.17) is 0 Å². The van der Waals surface area contributed by atoms with E-state index in [9.17, 15) is 0 Å². The maximum absolute atomic E-state index is 3.89. The Morgan fingerprint density at radius 3 is 2.45 bits per heavy atom. The van der Waals surface area contributed by atoms with Crippen molar-refractivity contribution in [2.45, 2.75) is 13.8 Å². The van der Waals surface area contributed by atoms with Crippen LogP contribution >= 0.6 is 15.9 Å². The van der Waals surface area contributed by atoms with E-state index in [1.54, 1.807) is 0 Å². The number of hydrogen-bond donors (Lipinski definition) is 0. The number of benzene rings is 1. The van der Waals surface area contributed by atoms with Gasteiger partial charge in [0.05, 0.1) is 0 Å². The molecule has 1 heteroatoms. The van der Waals surface area contributed by atoms with Gasteiger partial charge in [-0.3, -0.25) is 0 Å². The molecule has 1 aromatic carbocycles. The van der Waals surface area contributed by atoms with Crippen molar-refractivity contribution in [3.05, 3.63) is 40.4 Å². The minimum absolute atomic E-state index is 1.11. The molecule has 0 amide bonds. The lowest BCUT2D eigenvalue weighted by molar-refractivity contribution is 1.42. The summed E-state index contributed by atoms with van der Waals surface area (Å²) in [4.78, 5) is 0. The Kier molecular flexibility index (Phi) is 2.50. The number of hydrogen-bond acceptors (Lipinski definition) is 0. The SMILES string of the molecule is C=C(C)c1cc(C)cc(Br)c1. The van der Waals surface area contributed by atoms with Gasteiger partial charge in [-0.25, -0.2) is 0 Å². The molecule has 0 nitrogen and oxygen atoms in total. The summed E-state index contributed by atoms with van der Waals surface area (Å²) < 4.78 is 1.12. The lowest BCUT2D eigenvalue weighted by Crippen LogP contribution is -1.80. The first kappa shape index (κ1) is 8.54. The van der Waals surface area contributed by atoms with Crippen molar-refractivity contribution in [2.75, 3.05) is 0 Å². The number of allylic oxidation sites excluding steroid dienone is 1. The summed E-state index contributed by atoms with van der Waals surface area (Å²) in [5, 5.41) is 0. The van der Waals surface area contributed by atoms with Gasteiger partial charge in [-0.05, 0) is 37.1 Å². The molecular formula is C10H11Br. The quantitative estimate of drug-likeness (QED) is 0.662. The largest absolute Gasteiger partial charge is 0.0955 e. The Bertz CT molecular complexity index is 267. The molecule has 0 aliphatic carbocycles. The highest BCUT2D eigenvalue weighted by Gasteiger charge is 1.95. The third kappa shape index (κ3) is 2.19. The highest BCUT2D eigenvalue weighted by Crippen LogP contribution is 2.19. The van der Waals surface area contributed by atoms with E-state index in [0.717, 1.165) is 10.0 Å². The van der Waals surface area contributed by atoms with E-state index < -0.39 is 0 Å². The molecule has 0 saturated heterocycles. The molecule has 58 valence electrons. The first-order chi connectivity index (χ1) is 5.09. The second-order valence-corrected chi connectivity index (χ2v) is 3.71. The van der Waals surface area contributed by atoms with Gasteiger partial charge < -0.3 is 0 Å². The van der Waals surface area contributed by atoms with Gasteiger partial charge in [-0.15, -0.1) is 0 Å². The van der Waals surface area contributed by atoms with Gasteiger partial charge in [0, 0.05) is 4.47 Å². The summed E-state index contributed by atoms with van der Waals surface area (Å²) in [6, 6.07) is 6.30. The maximum atomic E-state index is 3.89. The molecule has 1 rings (SSSR count). The summed E-state index contributed by atoms with van der Waals surface area (Å²) in [5.74, 6) is 0. The summed E-state index contributed by atoms with van der Waals surface area (Å²) in [6.07, 6.45) is 0. The average Bonchev–Trinajstić information content (AvgIpc) is 1.85. The lowest BCUT2D eigenvalue weighted by Gasteiger charge is -2.01. The van der Waals surface area contributed by atoms with E-state index in [1.165, 1.54) is 11.1 Å². The van der Waals surface area contributed by atoms with Gasteiger partial charge >= 0.3 is 0 Å². The molecule has 0 radical (unpaired) electrons. The topological polar surface area (TPSA) is 0 Å². The average molecular weight is 211 g/mol. The Hall–Kier alpha value is -0.560. The molecule has 0 atom stereocenters. The molecule has 0 bridgehead atoms. The Balaban J connectivity index is 3.19. The number of aryl methyl sites for hydroxylation is 1. The highest BCUT2D eigenvalue weighted by molar-refractivity contribution is 9.10. The molecule has 1 aromatic rings. The molecule has 0 saturated carbocycles. The molecular weight excluding hydrogens is 200 g/mol. The van der Waals surface area contributed by atoms with Crippen molar-refractivity contribution in [1.82, 2.24) is 0 Å². The van der Waals surface area contributed by atoms with Crippen molar-refractivity contribution in [1.29, 1.82) is 0 Å². The van der Waals surface area contributed by atoms with Crippen molar-refractivity contribution in [3.63, 3.8) is 0 Å². The fourth-order valence-corrected chi connectivity index (χ4v) is 1.59. The van der Waals surface area contributed by atoms with Crippen LogP contribution in [-0.2, 0) is 0 Å². The predicted molar refractivity (Wildman–Crippen MR) is 53.6 cm³/mol.